The molecule has 2 aromatic carbocycles. The number of hydrogen-bond acceptors (Lipinski definition) is 3. The number of aromatic hydroxyl groups is 1. The highest BCUT2D eigenvalue weighted by atomic mass is 35.5. The van der Waals surface area contributed by atoms with Gasteiger partial charge in [-0.3, -0.25) is 4.79 Å². The third-order valence-electron chi connectivity index (χ3n) is 3.10. The van der Waals surface area contributed by atoms with E-state index in [0.717, 1.165) is 6.07 Å². The van der Waals surface area contributed by atoms with Gasteiger partial charge in [0.2, 0.25) is 5.91 Å². The molecule has 0 fully saturated rings. The molecule has 0 bridgehead atoms. The third kappa shape index (κ3) is 4.44. The van der Waals surface area contributed by atoms with Crippen LogP contribution < -0.4 is 5.32 Å². The Balaban J connectivity index is 1.88. The monoisotopic (exact) mass is 323 g/mol. The van der Waals surface area contributed by atoms with E-state index < -0.39 is 11.9 Å². The first kappa shape index (κ1) is 16.3. The third-order valence-corrected chi connectivity index (χ3v) is 3.40. The molecule has 0 aliphatic carbocycles. The van der Waals surface area contributed by atoms with Gasteiger partial charge in [-0.25, -0.2) is 4.39 Å². The highest BCUT2D eigenvalue weighted by Crippen LogP contribution is 2.20. The average molecular weight is 324 g/mol. The van der Waals surface area contributed by atoms with Crippen LogP contribution in [0.5, 0.6) is 5.75 Å². The van der Waals surface area contributed by atoms with Crippen molar-refractivity contribution in [1.82, 2.24) is 5.32 Å². The number of phenolic OH excluding ortho intramolecular Hbond substituents is 1. The highest BCUT2D eigenvalue weighted by molar-refractivity contribution is 6.30. The van der Waals surface area contributed by atoms with Crippen LogP contribution in [0.2, 0.25) is 5.02 Å². The minimum atomic E-state index is -1.03. The molecule has 6 heteroatoms. The summed E-state index contributed by atoms with van der Waals surface area (Å²) in [6.45, 7) is -0.0429. The molecule has 0 saturated heterocycles. The van der Waals surface area contributed by atoms with Crippen molar-refractivity contribution in [2.24, 2.45) is 0 Å². The Morgan fingerprint density at radius 1 is 1.27 bits per heavy atom. The molecule has 3 N–H and O–H groups in total. The van der Waals surface area contributed by atoms with Gasteiger partial charge < -0.3 is 15.5 Å². The molecule has 0 aromatic heterocycles. The molecule has 0 aliphatic heterocycles. The minimum absolute atomic E-state index is 0.0242. The maximum absolute atomic E-state index is 13.3. The lowest BCUT2D eigenvalue weighted by atomic mass is 10.1. The van der Waals surface area contributed by atoms with Gasteiger partial charge >= 0.3 is 0 Å². The lowest BCUT2D eigenvalue weighted by Crippen LogP contribution is -2.29. The van der Waals surface area contributed by atoms with Gasteiger partial charge in [0, 0.05) is 6.54 Å². The maximum atomic E-state index is 13.3. The summed E-state index contributed by atoms with van der Waals surface area (Å²) >= 11 is 5.57. The maximum Gasteiger partial charge on any atom is 0.224 e. The number of benzene rings is 2. The molecular weight excluding hydrogens is 309 g/mol. The number of phenols is 1. The number of carbonyl (C=O) groups is 1. The summed E-state index contributed by atoms with van der Waals surface area (Å²) in [6, 6.07) is 10.3. The van der Waals surface area contributed by atoms with Gasteiger partial charge in [0.25, 0.3) is 0 Å². The predicted octanol–water partition coefficient (Wildman–Crippen LogP) is 2.58. The van der Waals surface area contributed by atoms with Crippen molar-refractivity contribution in [3.63, 3.8) is 0 Å². The molecule has 2 rings (SSSR count). The summed E-state index contributed by atoms with van der Waals surface area (Å²) in [5, 5.41) is 21.8. The molecule has 1 unspecified atom stereocenters. The second-order valence-electron chi connectivity index (χ2n) is 4.84. The number of hydrogen-bond donors (Lipinski definition) is 3. The Morgan fingerprint density at radius 2 is 2.05 bits per heavy atom. The van der Waals surface area contributed by atoms with Crippen molar-refractivity contribution in [3.05, 3.63) is 64.4 Å². The largest absolute Gasteiger partial charge is 0.508 e. The van der Waals surface area contributed by atoms with Crippen molar-refractivity contribution in [2.45, 2.75) is 12.5 Å². The Bertz CT molecular complexity index is 678. The molecule has 1 atom stereocenters. The van der Waals surface area contributed by atoms with Crippen molar-refractivity contribution in [3.8, 4) is 5.75 Å². The second kappa shape index (κ2) is 7.24. The van der Waals surface area contributed by atoms with Crippen LogP contribution in [-0.2, 0) is 11.2 Å². The van der Waals surface area contributed by atoms with E-state index in [9.17, 15) is 19.4 Å². The number of nitrogens with one attached hydrogen (secondary N) is 1. The molecule has 0 radical (unpaired) electrons. The molecule has 116 valence electrons. The standard InChI is InChI=1S/C16H15ClFNO3/c17-13-5-4-11(8-14(13)18)15(21)9-19-16(22)7-10-2-1-3-12(20)6-10/h1-6,8,15,20-21H,7,9H2,(H,19,22). The van der Waals surface area contributed by atoms with E-state index in [0.29, 0.717) is 11.1 Å². The fourth-order valence-electron chi connectivity index (χ4n) is 1.96. The summed E-state index contributed by atoms with van der Waals surface area (Å²) in [5.74, 6) is -0.842. The normalized spacial score (nSPS) is 12.0. The Labute approximate surface area is 132 Å². The quantitative estimate of drug-likeness (QED) is 0.792. The number of halogens is 2. The number of rotatable bonds is 5. The summed E-state index contributed by atoms with van der Waals surface area (Å²) in [7, 11) is 0. The van der Waals surface area contributed by atoms with Crippen molar-refractivity contribution in [1.29, 1.82) is 0 Å². The summed E-state index contributed by atoms with van der Waals surface area (Å²) in [5.41, 5.74) is 0.990. The Kier molecular flexibility index (Phi) is 5.35. The topological polar surface area (TPSA) is 69.6 Å². The van der Waals surface area contributed by atoms with Crippen LogP contribution in [0.4, 0.5) is 4.39 Å². The molecule has 0 spiro atoms. The van der Waals surface area contributed by atoms with E-state index in [-0.39, 0.29) is 29.6 Å². The fourth-order valence-corrected chi connectivity index (χ4v) is 2.08. The average Bonchev–Trinajstić information content (AvgIpc) is 2.47. The van der Waals surface area contributed by atoms with Crippen LogP contribution in [0.25, 0.3) is 0 Å². The van der Waals surface area contributed by atoms with Gasteiger partial charge in [0.15, 0.2) is 0 Å². The highest BCUT2D eigenvalue weighted by Gasteiger charge is 2.12. The predicted molar refractivity (Wildman–Crippen MR) is 81.2 cm³/mol. The fraction of sp³-hybridized carbons (Fsp3) is 0.188. The number of amides is 1. The van der Waals surface area contributed by atoms with E-state index >= 15 is 0 Å². The summed E-state index contributed by atoms with van der Waals surface area (Å²) in [6.07, 6.45) is -0.948. The van der Waals surface area contributed by atoms with Crippen LogP contribution >= 0.6 is 11.6 Å². The van der Waals surface area contributed by atoms with Gasteiger partial charge in [-0.05, 0) is 35.4 Å². The van der Waals surface area contributed by atoms with Crippen LogP contribution in [-0.4, -0.2) is 22.7 Å². The molecular formula is C16H15ClFNO3. The number of aliphatic hydroxyl groups is 1. The first-order valence-corrected chi connectivity index (χ1v) is 7.01. The van der Waals surface area contributed by atoms with Gasteiger partial charge in [-0.2, -0.15) is 0 Å². The Hall–Kier alpha value is -2.11. The first-order chi connectivity index (χ1) is 10.5. The van der Waals surface area contributed by atoms with Crippen molar-refractivity contribution < 1.29 is 19.4 Å². The molecule has 4 nitrogen and oxygen atoms in total. The van der Waals surface area contributed by atoms with Gasteiger partial charge in [-0.15, -0.1) is 0 Å². The van der Waals surface area contributed by atoms with Crippen LogP contribution in [0.1, 0.15) is 17.2 Å². The zero-order valence-corrected chi connectivity index (χ0v) is 12.3. The first-order valence-electron chi connectivity index (χ1n) is 6.63. The molecule has 0 saturated carbocycles. The zero-order valence-electron chi connectivity index (χ0n) is 11.6. The van der Waals surface area contributed by atoms with Crippen molar-refractivity contribution >= 4 is 17.5 Å². The molecule has 22 heavy (non-hydrogen) atoms. The van der Waals surface area contributed by atoms with Gasteiger partial charge in [-0.1, -0.05) is 29.8 Å². The molecule has 0 heterocycles. The van der Waals surface area contributed by atoms with E-state index in [1.165, 1.54) is 24.3 Å². The Morgan fingerprint density at radius 3 is 2.73 bits per heavy atom. The summed E-state index contributed by atoms with van der Waals surface area (Å²) < 4.78 is 13.3. The number of carbonyl (C=O) groups excluding carboxylic acids is 1. The van der Waals surface area contributed by atoms with Crippen LogP contribution in [0.15, 0.2) is 42.5 Å². The minimum Gasteiger partial charge on any atom is -0.508 e. The van der Waals surface area contributed by atoms with E-state index in [1.807, 2.05) is 0 Å². The van der Waals surface area contributed by atoms with Gasteiger partial charge in [0.1, 0.15) is 11.6 Å². The van der Waals surface area contributed by atoms with Crippen LogP contribution in [0, 0.1) is 5.82 Å². The van der Waals surface area contributed by atoms with E-state index in [2.05, 4.69) is 5.32 Å². The number of aliphatic hydroxyl groups excluding tert-OH is 1. The van der Waals surface area contributed by atoms with Crippen LogP contribution in [0.3, 0.4) is 0 Å². The molecule has 0 aliphatic rings. The van der Waals surface area contributed by atoms with E-state index in [1.54, 1.807) is 12.1 Å². The lowest BCUT2D eigenvalue weighted by Gasteiger charge is -2.13. The van der Waals surface area contributed by atoms with Crippen molar-refractivity contribution in [2.75, 3.05) is 6.54 Å². The SMILES string of the molecule is O=C(Cc1cccc(O)c1)NCC(O)c1ccc(Cl)c(F)c1. The molecule has 1 amide bonds. The van der Waals surface area contributed by atoms with Gasteiger partial charge in [0.05, 0.1) is 17.5 Å². The lowest BCUT2D eigenvalue weighted by molar-refractivity contribution is -0.120. The molecule has 2 aromatic rings. The van der Waals surface area contributed by atoms with E-state index in [4.69, 9.17) is 11.6 Å². The smallest absolute Gasteiger partial charge is 0.224 e. The zero-order chi connectivity index (χ0) is 16.1. The summed E-state index contributed by atoms with van der Waals surface area (Å²) in [4.78, 5) is 11.8. The second-order valence-corrected chi connectivity index (χ2v) is 5.25.